The second-order valence-electron chi connectivity index (χ2n) is 6.56. The number of aromatic amines is 2. The molecule has 3 heteroatoms. The molecule has 0 amide bonds. The summed E-state index contributed by atoms with van der Waals surface area (Å²) in [7, 11) is -1.24. The minimum absolute atomic E-state index is 0.241. The number of benzene rings is 1. The average molecular weight is 294 g/mol. The van der Waals surface area contributed by atoms with E-state index in [4.69, 9.17) is 0 Å². The van der Waals surface area contributed by atoms with E-state index in [9.17, 15) is 0 Å². The van der Waals surface area contributed by atoms with Crippen molar-refractivity contribution in [3.8, 4) is 0 Å². The lowest BCUT2D eigenvalue weighted by Gasteiger charge is -2.19. The number of hydrogen-bond donors (Lipinski definition) is 2. The van der Waals surface area contributed by atoms with Gasteiger partial charge in [0.1, 0.15) is 0 Å². The molecule has 0 radical (unpaired) electrons. The molecule has 0 bridgehead atoms. The molecular formula is C18H22N2Si. The first kappa shape index (κ1) is 14.0. The van der Waals surface area contributed by atoms with Gasteiger partial charge in [0.05, 0.1) is 14.0 Å². The number of aromatic nitrogens is 2. The molecule has 0 aliphatic rings. The normalized spacial score (nSPS) is 12.0. The van der Waals surface area contributed by atoms with Crippen molar-refractivity contribution in [2.24, 2.45) is 0 Å². The van der Waals surface area contributed by atoms with E-state index in [0.717, 1.165) is 0 Å². The Bertz CT molecular complexity index is 640. The Morgan fingerprint density at radius 3 is 1.67 bits per heavy atom. The lowest BCUT2D eigenvalue weighted by Crippen LogP contribution is -2.37. The van der Waals surface area contributed by atoms with Crippen molar-refractivity contribution in [2.75, 3.05) is 0 Å². The highest BCUT2D eigenvalue weighted by molar-refractivity contribution is 6.88. The fourth-order valence-corrected chi connectivity index (χ4v) is 3.92. The molecule has 1 aromatic carbocycles. The van der Waals surface area contributed by atoms with Gasteiger partial charge in [-0.25, -0.2) is 0 Å². The third kappa shape index (κ3) is 2.88. The highest BCUT2D eigenvalue weighted by Gasteiger charge is 2.20. The van der Waals surface area contributed by atoms with Crippen LogP contribution >= 0.6 is 0 Å². The lowest BCUT2D eigenvalue weighted by molar-refractivity contribution is 0.898. The van der Waals surface area contributed by atoms with Gasteiger partial charge in [-0.3, -0.25) is 0 Å². The Kier molecular flexibility index (Phi) is 3.60. The van der Waals surface area contributed by atoms with Gasteiger partial charge in [0.25, 0.3) is 0 Å². The van der Waals surface area contributed by atoms with Crippen LogP contribution in [0, 0.1) is 0 Å². The first-order valence-electron chi connectivity index (χ1n) is 7.43. The van der Waals surface area contributed by atoms with E-state index < -0.39 is 8.07 Å². The van der Waals surface area contributed by atoms with Crippen LogP contribution in [0.3, 0.4) is 0 Å². The number of hydrogen-bond acceptors (Lipinski definition) is 0. The molecule has 3 rings (SSSR count). The van der Waals surface area contributed by atoms with E-state index >= 15 is 0 Å². The van der Waals surface area contributed by atoms with Gasteiger partial charge < -0.3 is 9.97 Å². The highest BCUT2D eigenvalue weighted by atomic mass is 28.3. The minimum Gasteiger partial charge on any atom is -0.364 e. The van der Waals surface area contributed by atoms with E-state index in [1.54, 1.807) is 0 Å². The van der Waals surface area contributed by atoms with E-state index in [1.807, 2.05) is 12.4 Å². The van der Waals surface area contributed by atoms with Crippen LogP contribution < -0.4 is 5.19 Å². The molecule has 0 fully saturated rings. The average Bonchev–Trinajstić information content (AvgIpc) is 3.12. The number of nitrogens with one attached hydrogen (secondary N) is 2. The zero-order valence-electron chi connectivity index (χ0n) is 12.9. The van der Waals surface area contributed by atoms with Crippen LogP contribution in [-0.2, 0) is 0 Å². The summed E-state index contributed by atoms with van der Waals surface area (Å²) in [6.07, 6.45) is 3.98. The number of H-pyrrole nitrogens is 2. The van der Waals surface area contributed by atoms with Crippen molar-refractivity contribution in [1.29, 1.82) is 0 Å². The summed E-state index contributed by atoms with van der Waals surface area (Å²) in [6, 6.07) is 17.6. The van der Waals surface area contributed by atoms with Gasteiger partial charge in [-0.2, -0.15) is 0 Å². The van der Waals surface area contributed by atoms with E-state index in [-0.39, 0.29) is 5.92 Å². The molecule has 108 valence electrons. The van der Waals surface area contributed by atoms with Gasteiger partial charge in [0, 0.05) is 23.8 Å². The molecule has 0 atom stereocenters. The summed E-state index contributed by atoms with van der Waals surface area (Å²) >= 11 is 0. The molecule has 0 aliphatic heterocycles. The van der Waals surface area contributed by atoms with Crippen LogP contribution in [0.25, 0.3) is 0 Å². The van der Waals surface area contributed by atoms with E-state index in [1.165, 1.54) is 22.1 Å². The van der Waals surface area contributed by atoms with Crippen molar-refractivity contribution in [3.05, 3.63) is 77.9 Å². The van der Waals surface area contributed by atoms with Crippen LogP contribution in [0.15, 0.2) is 60.9 Å². The van der Waals surface area contributed by atoms with Gasteiger partial charge in [-0.05, 0) is 29.8 Å². The van der Waals surface area contributed by atoms with Gasteiger partial charge in [0.2, 0.25) is 0 Å². The Balaban J connectivity index is 2.02. The van der Waals surface area contributed by atoms with Crippen molar-refractivity contribution in [1.82, 2.24) is 9.97 Å². The molecule has 0 unspecified atom stereocenters. The summed E-state index contributed by atoms with van der Waals surface area (Å²) in [6.45, 7) is 7.15. The monoisotopic (exact) mass is 294 g/mol. The van der Waals surface area contributed by atoms with E-state index in [0.29, 0.717) is 0 Å². The molecule has 2 N–H and O–H groups in total. The fourth-order valence-electron chi connectivity index (χ4n) is 2.75. The maximum atomic E-state index is 3.36. The Labute approximate surface area is 127 Å². The quantitative estimate of drug-likeness (QED) is 0.680. The zero-order chi connectivity index (χ0) is 14.9. The fraction of sp³-hybridized carbons (Fsp3) is 0.222. The van der Waals surface area contributed by atoms with Gasteiger partial charge in [0.15, 0.2) is 0 Å². The molecule has 2 aromatic heterocycles. The lowest BCUT2D eigenvalue weighted by atomic mass is 9.93. The molecule has 0 aliphatic carbocycles. The predicted molar refractivity (Wildman–Crippen MR) is 92.0 cm³/mol. The maximum absolute atomic E-state index is 3.36. The van der Waals surface area contributed by atoms with Gasteiger partial charge in [-0.15, -0.1) is 0 Å². The third-order valence-electron chi connectivity index (χ3n) is 3.98. The molecule has 2 nitrogen and oxygen atoms in total. The van der Waals surface area contributed by atoms with Crippen LogP contribution in [-0.4, -0.2) is 18.0 Å². The SMILES string of the molecule is C[Si](C)(C)c1ccc(C(c2ccc[nH]2)c2ccc[nH]2)cc1. The van der Waals surface area contributed by atoms with Crippen LogP contribution in [0.1, 0.15) is 22.9 Å². The Morgan fingerprint density at radius 1 is 0.762 bits per heavy atom. The number of rotatable bonds is 4. The minimum atomic E-state index is -1.24. The Hall–Kier alpha value is -2.00. The van der Waals surface area contributed by atoms with Gasteiger partial charge in [-0.1, -0.05) is 49.1 Å². The van der Waals surface area contributed by atoms with Crippen molar-refractivity contribution < 1.29 is 0 Å². The zero-order valence-corrected chi connectivity index (χ0v) is 13.9. The summed E-state index contributed by atoms with van der Waals surface area (Å²) in [4.78, 5) is 6.72. The molecule has 2 heterocycles. The largest absolute Gasteiger partial charge is 0.364 e. The summed E-state index contributed by atoms with van der Waals surface area (Å²) in [5.74, 6) is 0.241. The van der Waals surface area contributed by atoms with Crippen molar-refractivity contribution >= 4 is 13.3 Å². The molecule has 21 heavy (non-hydrogen) atoms. The Morgan fingerprint density at radius 2 is 1.29 bits per heavy atom. The predicted octanol–water partition coefficient (Wildman–Crippen LogP) is 4.07. The van der Waals surface area contributed by atoms with Gasteiger partial charge >= 0.3 is 0 Å². The van der Waals surface area contributed by atoms with Crippen LogP contribution in [0.2, 0.25) is 19.6 Å². The molecule has 0 saturated heterocycles. The molecule has 3 aromatic rings. The maximum Gasteiger partial charge on any atom is 0.0775 e. The van der Waals surface area contributed by atoms with Crippen molar-refractivity contribution in [3.63, 3.8) is 0 Å². The highest BCUT2D eigenvalue weighted by Crippen LogP contribution is 2.29. The summed E-state index contributed by atoms with van der Waals surface area (Å²) < 4.78 is 0. The second kappa shape index (κ2) is 5.41. The first-order chi connectivity index (χ1) is 10.1. The van der Waals surface area contributed by atoms with E-state index in [2.05, 4.69) is 78.1 Å². The summed E-state index contributed by atoms with van der Waals surface area (Å²) in [5.41, 5.74) is 3.76. The standard InChI is InChI=1S/C18H22N2Si/c1-21(2,3)15-10-8-14(9-11-15)18(16-6-4-12-19-16)17-7-5-13-20-17/h4-13,18-20H,1-3H3. The second-order valence-corrected chi connectivity index (χ2v) is 11.6. The molecule has 0 spiro atoms. The first-order valence-corrected chi connectivity index (χ1v) is 10.9. The summed E-state index contributed by atoms with van der Waals surface area (Å²) in [5, 5.41) is 1.50. The van der Waals surface area contributed by atoms with Crippen LogP contribution in [0.5, 0.6) is 0 Å². The van der Waals surface area contributed by atoms with Crippen molar-refractivity contribution in [2.45, 2.75) is 25.6 Å². The van der Waals surface area contributed by atoms with Crippen LogP contribution in [0.4, 0.5) is 0 Å². The topological polar surface area (TPSA) is 31.6 Å². The molecular weight excluding hydrogens is 272 g/mol. The third-order valence-corrected chi connectivity index (χ3v) is 6.04. The smallest absolute Gasteiger partial charge is 0.0775 e. The molecule has 0 saturated carbocycles.